The summed E-state index contributed by atoms with van der Waals surface area (Å²) in [5.41, 5.74) is 0. The second-order valence-corrected chi connectivity index (χ2v) is 9.72. The Labute approximate surface area is 148 Å². The lowest BCUT2D eigenvalue weighted by Crippen LogP contribution is -2.12. The molecule has 2 rings (SSSR count). The Bertz CT molecular complexity index is 861. The molecule has 2 aromatic rings. The molecular formula is C16H19BO6S2. The molecule has 0 fully saturated rings. The van der Waals surface area contributed by atoms with Crippen LogP contribution in [0.15, 0.2) is 58.3 Å². The highest BCUT2D eigenvalue weighted by atomic mass is 32.2. The van der Waals surface area contributed by atoms with Gasteiger partial charge in [-0.25, -0.2) is 16.8 Å². The maximum atomic E-state index is 11.9. The zero-order chi connectivity index (χ0) is 18.5. The zero-order valence-electron chi connectivity index (χ0n) is 14.0. The van der Waals surface area contributed by atoms with Crippen molar-refractivity contribution in [1.82, 2.24) is 0 Å². The van der Waals surface area contributed by atoms with Crippen molar-refractivity contribution in [3.8, 4) is 11.5 Å². The number of hydrogen-bond acceptors (Lipinski definition) is 6. The summed E-state index contributed by atoms with van der Waals surface area (Å²) in [6.45, 7) is 3.15. The van der Waals surface area contributed by atoms with Gasteiger partial charge in [-0.2, -0.15) is 0 Å². The van der Waals surface area contributed by atoms with Crippen LogP contribution in [0.5, 0.6) is 11.5 Å². The lowest BCUT2D eigenvalue weighted by Gasteiger charge is -2.10. The first-order valence-corrected chi connectivity index (χ1v) is 11.0. The summed E-state index contributed by atoms with van der Waals surface area (Å²) in [5, 5.41) is 0. The Balaban J connectivity index is 2.05. The van der Waals surface area contributed by atoms with Gasteiger partial charge in [-0.05, 0) is 36.4 Å². The molecule has 0 N–H and O–H groups in total. The smallest absolute Gasteiger partial charge is 0.528 e. The number of benzene rings is 2. The maximum absolute atomic E-state index is 11.9. The van der Waals surface area contributed by atoms with Crippen LogP contribution < -0.4 is 9.31 Å². The second-order valence-electron chi connectivity index (χ2n) is 5.16. The number of sulfone groups is 2. The predicted octanol–water partition coefficient (Wildman–Crippen LogP) is 2.00. The summed E-state index contributed by atoms with van der Waals surface area (Å²) >= 11 is 0. The molecule has 0 aliphatic heterocycles. The van der Waals surface area contributed by atoms with Crippen LogP contribution in [-0.2, 0) is 19.7 Å². The summed E-state index contributed by atoms with van der Waals surface area (Å²) in [7, 11) is -6.80. The highest BCUT2D eigenvalue weighted by molar-refractivity contribution is 7.91. The van der Waals surface area contributed by atoms with Crippen LogP contribution in [0.25, 0.3) is 0 Å². The zero-order valence-corrected chi connectivity index (χ0v) is 15.6. The molecule has 0 aliphatic carbocycles. The maximum Gasteiger partial charge on any atom is 0.576 e. The Hall–Kier alpha value is -2.00. The molecule has 25 heavy (non-hydrogen) atoms. The van der Waals surface area contributed by atoms with Crippen molar-refractivity contribution in [2.45, 2.75) is 23.6 Å². The average molecular weight is 382 g/mol. The Morgan fingerprint density at radius 3 is 1.52 bits per heavy atom. The Morgan fingerprint density at radius 1 is 0.760 bits per heavy atom. The van der Waals surface area contributed by atoms with E-state index in [2.05, 4.69) is 0 Å². The van der Waals surface area contributed by atoms with E-state index in [0.29, 0.717) is 11.5 Å². The first-order chi connectivity index (χ1) is 11.8. The molecular weight excluding hydrogens is 363 g/mol. The van der Waals surface area contributed by atoms with Gasteiger partial charge in [0.05, 0.1) is 21.3 Å². The molecule has 0 spiro atoms. The van der Waals surface area contributed by atoms with E-state index in [1.54, 1.807) is 38.1 Å². The van der Waals surface area contributed by atoms with Gasteiger partial charge >= 0.3 is 7.69 Å². The number of rotatable bonds is 8. The van der Waals surface area contributed by atoms with E-state index in [-0.39, 0.29) is 29.0 Å². The monoisotopic (exact) mass is 382 g/mol. The van der Waals surface area contributed by atoms with E-state index in [4.69, 9.17) is 9.31 Å². The highest BCUT2D eigenvalue weighted by Gasteiger charge is 2.14. The summed E-state index contributed by atoms with van der Waals surface area (Å²) in [6, 6.07) is 12.3. The standard InChI is InChI=1S/C16H19BO6S2/c1-3-24(18,19)15-9-5-7-13(11-15)22-17-23-14-8-6-10-16(12-14)25(20,21)4-2/h5-12,17H,3-4H2,1-2H3. The Morgan fingerprint density at radius 2 is 1.16 bits per heavy atom. The van der Waals surface area contributed by atoms with Crippen LogP contribution in [0.2, 0.25) is 0 Å². The Kier molecular flexibility index (Phi) is 6.13. The van der Waals surface area contributed by atoms with Crippen molar-refractivity contribution in [1.29, 1.82) is 0 Å². The van der Waals surface area contributed by atoms with Gasteiger partial charge in [-0.3, -0.25) is 0 Å². The fourth-order valence-electron chi connectivity index (χ4n) is 2.01. The van der Waals surface area contributed by atoms with Crippen molar-refractivity contribution >= 4 is 27.4 Å². The van der Waals surface area contributed by atoms with Crippen LogP contribution >= 0.6 is 0 Å². The molecule has 0 bridgehead atoms. The molecule has 0 amide bonds. The molecule has 0 radical (unpaired) electrons. The van der Waals surface area contributed by atoms with E-state index in [1.807, 2.05) is 0 Å². The van der Waals surface area contributed by atoms with Crippen molar-refractivity contribution in [3.05, 3.63) is 48.5 Å². The van der Waals surface area contributed by atoms with Crippen molar-refractivity contribution in [3.63, 3.8) is 0 Å². The predicted molar refractivity (Wildman–Crippen MR) is 96.7 cm³/mol. The fourth-order valence-corrected chi connectivity index (χ4v) is 3.84. The van der Waals surface area contributed by atoms with E-state index < -0.39 is 19.7 Å². The number of hydrogen-bond donors (Lipinski definition) is 0. The van der Waals surface area contributed by atoms with Crippen LogP contribution in [0.4, 0.5) is 0 Å². The minimum atomic E-state index is -3.31. The summed E-state index contributed by atoms with van der Waals surface area (Å²) in [5.74, 6) is 0.718. The molecule has 0 aromatic heterocycles. The van der Waals surface area contributed by atoms with Gasteiger partial charge < -0.3 is 9.31 Å². The van der Waals surface area contributed by atoms with Crippen molar-refractivity contribution in [2.24, 2.45) is 0 Å². The lowest BCUT2D eigenvalue weighted by atomic mass is 10.3. The molecule has 0 heterocycles. The average Bonchev–Trinajstić information content (AvgIpc) is 2.62. The quantitative estimate of drug-likeness (QED) is 0.649. The molecule has 9 heteroatoms. The third-order valence-corrected chi connectivity index (χ3v) is 7.00. The topological polar surface area (TPSA) is 86.7 Å². The van der Waals surface area contributed by atoms with Crippen molar-refractivity contribution < 1.29 is 26.1 Å². The molecule has 0 saturated heterocycles. The summed E-state index contributed by atoms with van der Waals surface area (Å²) in [6.07, 6.45) is 0. The van der Waals surface area contributed by atoms with Gasteiger partial charge in [-0.1, -0.05) is 26.0 Å². The molecule has 0 saturated carbocycles. The molecule has 2 aromatic carbocycles. The van der Waals surface area contributed by atoms with E-state index >= 15 is 0 Å². The van der Waals surface area contributed by atoms with E-state index in [0.717, 1.165) is 0 Å². The van der Waals surface area contributed by atoms with Crippen molar-refractivity contribution in [2.75, 3.05) is 11.5 Å². The largest absolute Gasteiger partial charge is 0.576 e. The second kappa shape index (κ2) is 7.92. The van der Waals surface area contributed by atoms with Gasteiger partial charge in [0.15, 0.2) is 19.7 Å². The van der Waals surface area contributed by atoms with Gasteiger partial charge in [0.1, 0.15) is 11.5 Å². The molecule has 0 atom stereocenters. The molecule has 134 valence electrons. The minimum absolute atomic E-state index is 0.00560. The van der Waals surface area contributed by atoms with Crippen LogP contribution in [0.3, 0.4) is 0 Å². The first kappa shape index (κ1) is 19.3. The fraction of sp³-hybridized carbons (Fsp3) is 0.250. The summed E-state index contributed by atoms with van der Waals surface area (Å²) in [4.78, 5) is 0.368. The lowest BCUT2D eigenvalue weighted by molar-refractivity contribution is 0.457. The van der Waals surface area contributed by atoms with Gasteiger partial charge in [-0.15, -0.1) is 0 Å². The third kappa shape index (κ3) is 4.99. The minimum Gasteiger partial charge on any atom is -0.528 e. The van der Waals surface area contributed by atoms with Gasteiger partial charge in [0, 0.05) is 0 Å². The third-order valence-electron chi connectivity index (χ3n) is 3.54. The van der Waals surface area contributed by atoms with Gasteiger partial charge in [0.25, 0.3) is 0 Å². The van der Waals surface area contributed by atoms with Gasteiger partial charge in [0.2, 0.25) is 0 Å². The molecule has 0 aliphatic rings. The molecule has 0 unspecified atom stereocenters. The van der Waals surface area contributed by atoms with Crippen LogP contribution in [0, 0.1) is 0 Å². The highest BCUT2D eigenvalue weighted by Crippen LogP contribution is 2.20. The van der Waals surface area contributed by atoms with Crippen LogP contribution in [-0.4, -0.2) is 36.0 Å². The first-order valence-electron chi connectivity index (χ1n) is 7.69. The molecule has 6 nitrogen and oxygen atoms in total. The van der Waals surface area contributed by atoms with E-state index in [9.17, 15) is 16.8 Å². The van der Waals surface area contributed by atoms with Crippen LogP contribution in [0.1, 0.15) is 13.8 Å². The summed E-state index contributed by atoms with van der Waals surface area (Å²) < 4.78 is 58.3. The SMILES string of the molecule is CCS(=O)(=O)c1cccc(OBOc2cccc(S(=O)(=O)CC)c2)c1. The van der Waals surface area contributed by atoms with E-state index in [1.165, 1.54) is 24.3 Å². The normalized spacial score (nSPS) is 11.8.